The Balaban J connectivity index is 2.44. The Bertz CT molecular complexity index is 282. The van der Waals surface area contributed by atoms with Crippen LogP contribution < -0.4 is 5.73 Å². The van der Waals surface area contributed by atoms with Gasteiger partial charge in [0.05, 0.1) is 0 Å². The van der Waals surface area contributed by atoms with Gasteiger partial charge in [0.2, 0.25) is 5.91 Å². The van der Waals surface area contributed by atoms with E-state index in [4.69, 9.17) is 5.73 Å². The summed E-state index contributed by atoms with van der Waals surface area (Å²) in [7, 11) is 0. The van der Waals surface area contributed by atoms with Crippen LogP contribution in [0.5, 0.6) is 0 Å². The van der Waals surface area contributed by atoms with Gasteiger partial charge in [-0.3, -0.25) is 4.79 Å². The molecule has 0 saturated carbocycles. The van der Waals surface area contributed by atoms with Crippen LogP contribution in [0.15, 0.2) is 30.3 Å². The van der Waals surface area contributed by atoms with Crippen molar-refractivity contribution in [2.24, 2.45) is 11.7 Å². The number of hydrogen-bond acceptors (Lipinski definition) is 1. The lowest BCUT2D eigenvalue weighted by atomic mass is 9.97. The van der Waals surface area contributed by atoms with Crippen LogP contribution in [0, 0.1) is 5.92 Å². The van der Waals surface area contributed by atoms with E-state index in [0.29, 0.717) is 0 Å². The molecule has 0 radical (unpaired) electrons. The highest BCUT2D eigenvalue weighted by Gasteiger charge is 2.11. The first-order valence-corrected chi connectivity index (χ1v) is 5.07. The first kappa shape index (κ1) is 10.8. The fourth-order valence-corrected chi connectivity index (χ4v) is 1.53. The molecule has 0 heterocycles. The van der Waals surface area contributed by atoms with Crippen LogP contribution in [-0.4, -0.2) is 5.91 Å². The molecule has 14 heavy (non-hydrogen) atoms. The van der Waals surface area contributed by atoms with Crippen LogP contribution in [-0.2, 0) is 11.2 Å². The van der Waals surface area contributed by atoms with E-state index in [2.05, 4.69) is 12.1 Å². The lowest BCUT2D eigenvalue weighted by molar-refractivity contribution is -0.122. The van der Waals surface area contributed by atoms with Crippen molar-refractivity contribution in [1.29, 1.82) is 0 Å². The van der Waals surface area contributed by atoms with Gasteiger partial charge < -0.3 is 5.73 Å². The molecule has 0 aliphatic carbocycles. The Morgan fingerprint density at radius 3 is 2.50 bits per heavy atom. The van der Waals surface area contributed by atoms with Gasteiger partial charge in [-0.25, -0.2) is 0 Å². The first-order valence-electron chi connectivity index (χ1n) is 5.07. The fourth-order valence-electron chi connectivity index (χ4n) is 1.53. The molecule has 2 nitrogen and oxygen atoms in total. The van der Waals surface area contributed by atoms with E-state index in [1.54, 1.807) is 0 Å². The zero-order valence-electron chi connectivity index (χ0n) is 8.57. The van der Waals surface area contributed by atoms with Gasteiger partial charge in [-0.1, -0.05) is 37.3 Å². The lowest BCUT2D eigenvalue weighted by Gasteiger charge is -2.09. The Morgan fingerprint density at radius 2 is 2.00 bits per heavy atom. The van der Waals surface area contributed by atoms with Crippen molar-refractivity contribution in [1.82, 2.24) is 0 Å². The second-order valence-electron chi connectivity index (χ2n) is 3.53. The normalized spacial score (nSPS) is 12.4. The molecule has 0 fully saturated rings. The Labute approximate surface area is 85.1 Å². The second kappa shape index (κ2) is 5.43. The van der Waals surface area contributed by atoms with E-state index < -0.39 is 0 Å². The van der Waals surface area contributed by atoms with Crippen LogP contribution in [0.3, 0.4) is 0 Å². The molecular weight excluding hydrogens is 174 g/mol. The van der Waals surface area contributed by atoms with Crippen LogP contribution >= 0.6 is 0 Å². The smallest absolute Gasteiger partial charge is 0.220 e. The molecule has 0 saturated heterocycles. The van der Waals surface area contributed by atoms with E-state index in [9.17, 15) is 4.79 Å². The maximum Gasteiger partial charge on any atom is 0.220 e. The van der Waals surface area contributed by atoms with Gasteiger partial charge in [-0.05, 0) is 24.8 Å². The van der Waals surface area contributed by atoms with Crippen molar-refractivity contribution < 1.29 is 4.79 Å². The van der Waals surface area contributed by atoms with E-state index in [0.717, 1.165) is 19.3 Å². The fraction of sp³-hybridized carbons (Fsp3) is 0.417. The predicted molar refractivity (Wildman–Crippen MR) is 57.7 cm³/mol. The first-order chi connectivity index (χ1) is 6.74. The molecule has 0 aliphatic heterocycles. The number of rotatable bonds is 5. The summed E-state index contributed by atoms with van der Waals surface area (Å²) in [6, 6.07) is 10.2. The average molecular weight is 191 g/mol. The molecule has 0 aliphatic rings. The summed E-state index contributed by atoms with van der Waals surface area (Å²) in [5.74, 6) is -0.154. The maximum atomic E-state index is 11.0. The highest BCUT2D eigenvalue weighted by molar-refractivity contribution is 5.76. The molecule has 1 unspecified atom stereocenters. The van der Waals surface area contributed by atoms with Crippen LogP contribution in [0.2, 0.25) is 0 Å². The zero-order chi connectivity index (χ0) is 10.4. The van der Waals surface area contributed by atoms with Crippen molar-refractivity contribution in [3.63, 3.8) is 0 Å². The van der Waals surface area contributed by atoms with Gasteiger partial charge in [0.1, 0.15) is 0 Å². The molecule has 0 spiro atoms. The van der Waals surface area contributed by atoms with Gasteiger partial charge in [0.15, 0.2) is 0 Å². The number of hydrogen-bond donors (Lipinski definition) is 1. The van der Waals surface area contributed by atoms with Crippen molar-refractivity contribution in [3.05, 3.63) is 35.9 Å². The molecule has 2 heteroatoms. The van der Waals surface area contributed by atoms with Gasteiger partial charge in [0.25, 0.3) is 0 Å². The molecule has 0 bridgehead atoms. The van der Waals surface area contributed by atoms with Crippen LogP contribution in [0.25, 0.3) is 0 Å². The third kappa shape index (κ3) is 3.21. The number of nitrogens with two attached hydrogens (primary N) is 1. The topological polar surface area (TPSA) is 43.1 Å². The Morgan fingerprint density at radius 1 is 1.36 bits per heavy atom. The SMILES string of the molecule is CCC(CCc1ccccc1)C(N)=O. The molecule has 1 aromatic rings. The number of carbonyl (C=O) groups is 1. The average Bonchev–Trinajstić information content (AvgIpc) is 2.20. The monoisotopic (exact) mass is 191 g/mol. The summed E-state index contributed by atoms with van der Waals surface area (Å²) in [4.78, 5) is 11.0. The molecule has 2 N–H and O–H groups in total. The molecule has 1 aromatic carbocycles. The standard InChI is InChI=1S/C12H17NO/c1-2-11(12(13)14)9-8-10-6-4-3-5-7-10/h3-7,11H,2,8-9H2,1H3,(H2,13,14). The molecule has 76 valence electrons. The highest BCUT2D eigenvalue weighted by Crippen LogP contribution is 2.12. The largest absolute Gasteiger partial charge is 0.369 e. The number of amides is 1. The molecule has 1 atom stereocenters. The van der Waals surface area contributed by atoms with Crippen LogP contribution in [0.4, 0.5) is 0 Å². The highest BCUT2D eigenvalue weighted by atomic mass is 16.1. The van der Waals surface area contributed by atoms with Crippen molar-refractivity contribution in [3.8, 4) is 0 Å². The molecule has 1 amide bonds. The molecule has 1 rings (SSSR count). The van der Waals surface area contributed by atoms with Crippen LogP contribution in [0.1, 0.15) is 25.3 Å². The third-order valence-corrected chi connectivity index (χ3v) is 2.52. The number of primary amides is 1. The maximum absolute atomic E-state index is 11.0. The minimum Gasteiger partial charge on any atom is -0.369 e. The minimum absolute atomic E-state index is 0.0233. The predicted octanol–water partition coefficient (Wildman–Crippen LogP) is 2.13. The summed E-state index contributed by atoms with van der Waals surface area (Å²) in [6.45, 7) is 2.00. The van der Waals surface area contributed by atoms with E-state index in [1.165, 1.54) is 5.56 Å². The van der Waals surface area contributed by atoms with Gasteiger partial charge >= 0.3 is 0 Å². The second-order valence-corrected chi connectivity index (χ2v) is 3.53. The minimum atomic E-state index is -0.177. The van der Waals surface area contributed by atoms with Gasteiger partial charge in [-0.15, -0.1) is 0 Å². The Kier molecular flexibility index (Phi) is 4.17. The van der Waals surface area contributed by atoms with E-state index >= 15 is 0 Å². The molecular formula is C12H17NO. The summed E-state index contributed by atoms with van der Waals surface area (Å²) >= 11 is 0. The quantitative estimate of drug-likeness (QED) is 0.761. The number of benzene rings is 1. The summed E-state index contributed by atoms with van der Waals surface area (Å²) < 4.78 is 0. The lowest BCUT2D eigenvalue weighted by Crippen LogP contribution is -2.23. The van der Waals surface area contributed by atoms with Crippen molar-refractivity contribution >= 4 is 5.91 Å². The van der Waals surface area contributed by atoms with E-state index in [1.807, 2.05) is 25.1 Å². The number of carbonyl (C=O) groups excluding carboxylic acids is 1. The van der Waals surface area contributed by atoms with Crippen molar-refractivity contribution in [2.45, 2.75) is 26.2 Å². The summed E-state index contributed by atoms with van der Waals surface area (Å²) in [6.07, 6.45) is 2.63. The summed E-state index contributed by atoms with van der Waals surface area (Å²) in [5, 5.41) is 0. The summed E-state index contributed by atoms with van der Waals surface area (Å²) in [5.41, 5.74) is 6.54. The third-order valence-electron chi connectivity index (χ3n) is 2.52. The number of aryl methyl sites for hydroxylation is 1. The van der Waals surface area contributed by atoms with Crippen molar-refractivity contribution in [2.75, 3.05) is 0 Å². The van der Waals surface area contributed by atoms with Gasteiger partial charge in [0, 0.05) is 5.92 Å². The molecule has 0 aromatic heterocycles. The Hall–Kier alpha value is -1.31. The van der Waals surface area contributed by atoms with E-state index in [-0.39, 0.29) is 11.8 Å². The zero-order valence-corrected chi connectivity index (χ0v) is 8.57. The van der Waals surface area contributed by atoms with Gasteiger partial charge in [-0.2, -0.15) is 0 Å².